The van der Waals surface area contributed by atoms with Gasteiger partial charge < -0.3 is 10.1 Å². The van der Waals surface area contributed by atoms with E-state index in [4.69, 9.17) is 4.74 Å². The number of para-hydroxylation sites is 1. The first kappa shape index (κ1) is 24.4. The molecule has 0 spiro atoms. The zero-order valence-electron chi connectivity index (χ0n) is 19.1. The van der Waals surface area contributed by atoms with Crippen LogP contribution in [0.15, 0.2) is 78.0 Å². The molecule has 0 aliphatic rings. The lowest BCUT2D eigenvalue weighted by atomic mass is 10.2. The van der Waals surface area contributed by atoms with Gasteiger partial charge in [-0.15, -0.1) is 10.2 Å². The lowest BCUT2D eigenvalue weighted by Gasteiger charge is -2.11. The third kappa shape index (κ3) is 6.45. The molecule has 35 heavy (non-hydrogen) atoms. The van der Waals surface area contributed by atoms with Gasteiger partial charge in [0.15, 0.2) is 5.16 Å². The highest BCUT2D eigenvalue weighted by Crippen LogP contribution is 2.26. The van der Waals surface area contributed by atoms with Gasteiger partial charge in [0, 0.05) is 36.4 Å². The highest BCUT2D eigenvalue weighted by atomic mass is 32.2. The quantitative estimate of drug-likeness (QED) is 0.311. The van der Waals surface area contributed by atoms with E-state index in [1.54, 1.807) is 31.4 Å². The number of aromatic nitrogens is 3. The van der Waals surface area contributed by atoms with Crippen LogP contribution in [0.25, 0.3) is 5.69 Å². The summed E-state index contributed by atoms with van der Waals surface area (Å²) < 4.78 is 33.9. The lowest BCUT2D eigenvalue weighted by Crippen LogP contribution is -2.23. The number of nitrogens with zero attached hydrogens (tertiary/aromatic N) is 3. The van der Waals surface area contributed by atoms with Gasteiger partial charge in [-0.3, -0.25) is 9.36 Å². The van der Waals surface area contributed by atoms with Crippen molar-refractivity contribution in [1.82, 2.24) is 20.1 Å². The molecule has 0 aliphatic heterocycles. The van der Waals surface area contributed by atoms with E-state index in [-0.39, 0.29) is 24.0 Å². The minimum absolute atomic E-state index is 0.134. The Kier molecular flexibility index (Phi) is 8.10. The molecule has 6 nitrogen and oxygen atoms in total. The Bertz CT molecular complexity index is 1280. The van der Waals surface area contributed by atoms with E-state index in [2.05, 4.69) is 15.5 Å². The number of benzene rings is 3. The van der Waals surface area contributed by atoms with E-state index in [1.165, 1.54) is 36.0 Å². The molecule has 1 amide bonds. The number of rotatable bonds is 10. The molecule has 9 heteroatoms. The summed E-state index contributed by atoms with van der Waals surface area (Å²) in [5.41, 5.74) is 2.52. The minimum atomic E-state index is -0.348. The Morgan fingerprint density at radius 3 is 2.37 bits per heavy atom. The summed E-state index contributed by atoms with van der Waals surface area (Å²) in [4.78, 5) is 12.5. The Morgan fingerprint density at radius 1 is 0.971 bits per heavy atom. The number of carbonyl (C=O) groups is 1. The van der Waals surface area contributed by atoms with Crippen molar-refractivity contribution in [1.29, 1.82) is 0 Å². The Balaban J connectivity index is 1.45. The molecule has 0 atom stereocenters. The van der Waals surface area contributed by atoms with E-state index >= 15 is 0 Å². The highest BCUT2D eigenvalue weighted by molar-refractivity contribution is 7.98. The number of hydrogen-bond acceptors (Lipinski definition) is 5. The normalized spacial score (nSPS) is 10.8. The zero-order valence-corrected chi connectivity index (χ0v) is 19.9. The van der Waals surface area contributed by atoms with Crippen LogP contribution in [0.2, 0.25) is 0 Å². The summed E-state index contributed by atoms with van der Waals surface area (Å²) in [6, 6.07) is 19.8. The van der Waals surface area contributed by atoms with E-state index in [0.29, 0.717) is 41.1 Å². The van der Waals surface area contributed by atoms with Crippen LogP contribution in [0, 0.1) is 11.6 Å². The maximum Gasteiger partial charge on any atom is 0.220 e. The number of halogens is 2. The van der Waals surface area contributed by atoms with Crippen LogP contribution in [0.3, 0.4) is 0 Å². The third-order valence-electron chi connectivity index (χ3n) is 5.31. The van der Waals surface area contributed by atoms with Gasteiger partial charge in [-0.1, -0.05) is 42.1 Å². The predicted molar refractivity (Wildman–Crippen MR) is 130 cm³/mol. The molecule has 3 aromatic carbocycles. The molecule has 4 aromatic rings. The smallest absolute Gasteiger partial charge is 0.220 e. The van der Waals surface area contributed by atoms with Crippen molar-refractivity contribution in [3.8, 4) is 11.4 Å². The fourth-order valence-electron chi connectivity index (χ4n) is 3.49. The minimum Gasteiger partial charge on any atom is -0.496 e. The largest absolute Gasteiger partial charge is 0.496 e. The second kappa shape index (κ2) is 11.6. The Hall–Kier alpha value is -3.72. The summed E-state index contributed by atoms with van der Waals surface area (Å²) in [7, 11) is 1.59. The van der Waals surface area contributed by atoms with E-state index in [0.717, 1.165) is 11.1 Å². The molecule has 1 aromatic heterocycles. The van der Waals surface area contributed by atoms with Crippen molar-refractivity contribution in [2.24, 2.45) is 0 Å². The van der Waals surface area contributed by atoms with Gasteiger partial charge in [0.2, 0.25) is 5.91 Å². The maximum atomic E-state index is 13.5. The summed E-state index contributed by atoms with van der Waals surface area (Å²) in [5, 5.41) is 12.1. The van der Waals surface area contributed by atoms with Gasteiger partial charge >= 0.3 is 0 Å². The number of nitrogens with one attached hydrogen (secondary N) is 1. The van der Waals surface area contributed by atoms with Crippen molar-refractivity contribution >= 4 is 17.7 Å². The van der Waals surface area contributed by atoms with Crippen LogP contribution in [-0.4, -0.2) is 27.8 Å². The van der Waals surface area contributed by atoms with Crippen LogP contribution in [0.1, 0.15) is 23.4 Å². The van der Waals surface area contributed by atoms with Gasteiger partial charge in [0.05, 0.1) is 7.11 Å². The molecular formula is C26H24F2N4O2S. The molecule has 4 rings (SSSR count). The van der Waals surface area contributed by atoms with Crippen molar-refractivity contribution in [2.45, 2.75) is 30.3 Å². The molecule has 0 aliphatic carbocycles. The fourth-order valence-corrected chi connectivity index (χ4v) is 4.42. The first-order valence-corrected chi connectivity index (χ1v) is 12.0. The van der Waals surface area contributed by atoms with Gasteiger partial charge in [0.1, 0.15) is 23.2 Å². The number of aryl methyl sites for hydroxylation is 1. The molecule has 0 fully saturated rings. The summed E-state index contributed by atoms with van der Waals surface area (Å²) in [6.45, 7) is 0.353. The van der Waals surface area contributed by atoms with Crippen LogP contribution in [0.4, 0.5) is 8.78 Å². The lowest BCUT2D eigenvalue weighted by molar-refractivity contribution is -0.121. The van der Waals surface area contributed by atoms with Crippen LogP contribution in [0.5, 0.6) is 5.75 Å². The van der Waals surface area contributed by atoms with Crippen molar-refractivity contribution in [3.05, 3.63) is 101 Å². The molecule has 0 unspecified atom stereocenters. The van der Waals surface area contributed by atoms with Crippen LogP contribution in [-0.2, 0) is 23.5 Å². The SMILES string of the molecule is COc1ccccc1CNC(=O)CCc1nnc(SCc2ccc(F)cc2)n1-c1ccc(F)cc1. The molecule has 0 saturated heterocycles. The van der Waals surface area contributed by atoms with Crippen LogP contribution >= 0.6 is 11.8 Å². The Labute approximate surface area is 206 Å². The molecule has 1 heterocycles. The average molecular weight is 495 g/mol. The number of ether oxygens (including phenoxy) is 1. The first-order valence-electron chi connectivity index (χ1n) is 11.0. The molecule has 1 N–H and O–H groups in total. The third-order valence-corrected chi connectivity index (χ3v) is 6.31. The van der Waals surface area contributed by atoms with E-state index in [1.807, 2.05) is 28.8 Å². The molecule has 0 saturated carbocycles. The number of methoxy groups -OCH3 is 1. The van der Waals surface area contributed by atoms with Gasteiger partial charge in [-0.05, 0) is 48.0 Å². The zero-order chi connectivity index (χ0) is 24.6. The summed E-state index contributed by atoms with van der Waals surface area (Å²) >= 11 is 1.43. The second-order valence-electron chi connectivity index (χ2n) is 7.71. The standard InChI is InChI=1S/C26H24F2N4O2S/c1-34-23-5-3-2-4-19(23)16-29-25(33)15-14-24-30-31-26(32(24)22-12-10-21(28)11-13-22)35-17-18-6-8-20(27)9-7-18/h2-13H,14-17H2,1H3,(H,29,33). The highest BCUT2D eigenvalue weighted by Gasteiger charge is 2.16. The average Bonchev–Trinajstić information content (AvgIpc) is 3.29. The van der Waals surface area contributed by atoms with Gasteiger partial charge in [-0.2, -0.15) is 0 Å². The molecule has 0 radical (unpaired) electrons. The van der Waals surface area contributed by atoms with Crippen molar-refractivity contribution in [2.75, 3.05) is 7.11 Å². The fraction of sp³-hybridized carbons (Fsp3) is 0.192. The first-order chi connectivity index (χ1) is 17.0. The predicted octanol–water partition coefficient (Wildman–Crippen LogP) is 5.10. The van der Waals surface area contributed by atoms with Crippen molar-refractivity contribution < 1.29 is 18.3 Å². The maximum absolute atomic E-state index is 13.5. The number of thioether (sulfide) groups is 1. The van der Waals surface area contributed by atoms with E-state index in [9.17, 15) is 13.6 Å². The summed E-state index contributed by atoms with van der Waals surface area (Å²) in [6.07, 6.45) is 0.552. The topological polar surface area (TPSA) is 69.0 Å². The molecular weight excluding hydrogens is 470 g/mol. The second-order valence-corrected chi connectivity index (χ2v) is 8.66. The summed E-state index contributed by atoms with van der Waals surface area (Å²) in [5.74, 6) is 1.08. The van der Waals surface area contributed by atoms with Crippen molar-refractivity contribution in [3.63, 3.8) is 0 Å². The molecule has 0 bridgehead atoms. The monoisotopic (exact) mass is 494 g/mol. The number of amides is 1. The van der Waals surface area contributed by atoms with Gasteiger partial charge in [0.25, 0.3) is 0 Å². The number of hydrogen-bond donors (Lipinski definition) is 1. The van der Waals surface area contributed by atoms with Gasteiger partial charge in [-0.25, -0.2) is 8.78 Å². The molecule has 180 valence electrons. The van der Waals surface area contributed by atoms with E-state index < -0.39 is 0 Å². The Morgan fingerprint density at radius 2 is 1.66 bits per heavy atom. The van der Waals surface area contributed by atoms with Crippen LogP contribution < -0.4 is 10.1 Å². The number of carbonyl (C=O) groups excluding carboxylic acids is 1.